The summed E-state index contributed by atoms with van der Waals surface area (Å²) in [7, 11) is 3.15. The van der Waals surface area contributed by atoms with E-state index in [0.717, 1.165) is 42.7 Å². The van der Waals surface area contributed by atoms with Crippen molar-refractivity contribution in [3.8, 4) is 0 Å². The monoisotopic (exact) mass is 306 g/mol. The van der Waals surface area contributed by atoms with E-state index in [1.807, 2.05) is 12.1 Å². The Morgan fingerprint density at radius 2 is 2.23 bits per heavy atom. The second-order valence-corrected chi connectivity index (χ2v) is 5.73. The van der Waals surface area contributed by atoms with Gasteiger partial charge >= 0.3 is 5.97 Å². The first-order valence-electron chi connectivity index (χ1n) is 7.86. The highest BCUT2D eigenvalue weighted by molar-refractivity contribution is 5.72. The van der Waals surface area contributed by atoms with Crippen LogP contribution in [-0.4, -0.2) is 33.0 Å². The maximum Gasteiger partial charge on any atom is 0.306 e. The Labute approximate surface area is 132 Å². The van der Waals surface area contributed by atoms with Crippen LogP contribution in [0, 0.1) is 0 Å². The van der Waals surface area contributed by atoms with Crippen LogP contribution in [0.3, 0.4) is 0 Å². The maximum absolute atomic E-state index is 11.5. The maximum atomic E-state index is 11.5. The molecule has 0 aliphatic carbocycles. The number of anilines is 2. The smallest absolute Gasteiger partial charge is 0.306 e. The van der Waals surface area contributed by atoms with E-state index in [0.29, 0.717) is 6.42 Å². The van der Waals surface area contributed by atoms with Crippen LogP contribution in [0.4, 0.5) is 11.4 Å². The van der Waals surface area contributed by atoms with Crippen molar-refractivity contribution in [1.82, 2.24) is 0 Å². The summed E-state index contributed by atoms with van der Waals surface area (Å²) in [5.74, 6) is -0.0471. The summed E-state index contributed by atoms with van der Waals surface area (Å²) in [6.45, 7) is 3.03. The fourth-order valence-electron chi connectivity index (χ4n) is 3.13. The van der Waals surface area contributed by atoms with E-state index < -0.39 is 0 Å². The molecule has 1 heterocycles. The Bertz CT molecular complexity index is 519. The molecule has 5 nitrogen and oxygen atoms in total. The number of hydrogen-bond donors (Lipinski definition) is 1. The van der Waals surface area contributed by atoms with Crippen LogP contribution in [0.1, 0.15) is 44.1 Å². The summed E-state index contributed by atoms with van der Waals surface area (Å²) in [6.07, 6.45) is 3.50. The molecular weight excluding hydrogens is 280 g/mol. The van der Waals surface area contributed by atoms with Crippen LogP contribution >= 0.6 is 0 Å². The van der Waals surface area contributed by atoms with Gasteiger partial charge in [0, 0.05) is 13.7 Å². The SMILES string of the molecule is CCC(CC(=O)OC)c1ccc(N2CCCC2OC)c(N)c1. The van der Waals surface area contributed by atoms with Crippen LogP contribution in [0.15, 0.2) is 18.2 Å². The molecule has 0 saturated carbocycles. The first-order valence-corrected chi connectivity index (χ1v) is 7.86. The molecule has 0 bridgehead atoms. The zero-order valence-electron chi connectivity index (χ0n) is 13.7. The van der Waals surface area contributed by atoms with Gasteiger partial charge in [-0.05, 0) is 42.9 Å². The third-order valence-corrected chi connectivity index (χ3v) is 4.44. The lowest BCUT2D eigenvalue weighted by molar-refractivity contribution is -0.141. The van der Waals surface area contributed by atoms with E-state index in [2.05, 4.69) is 17.9 Å². The Kier molecular flexibility index (Phi) is 5.66. The molecule has 1 aromatic carbocycles. The van der Waals surface area contributed by atoms with Crippen LogP contribution < -0.4 is 10.6 Å². The molecule has 22 heavy (non-hydrogen) atoms. The molecule has 0 amide bonds. The average Bonchev–Trinajstić information content (AvgIpc) is 3.00. The van der Waals surface area contributed by atoms with Crippen LogP contribution in [0.25, 0.3) is 0 Å². The molecule has 1 fully saturated rings. The molecule has 122 valence electrons. The second kappa shape index (κ2) is 7.49. The average molecular weight is 306 g/mol. The third kappa shape index (κ3) is 3.53. The molecule has 5 heteroatoms. The first-order chi connectivity index (χ1) is 10.6. The van der Waals surface area contributed by atoms with Gasteiger partial charge in [-0.25, -0.2) is 0 Å². The van der Waals surface area contributed by atoms with E-state index in [4.69, 9.17) is 15.2 Å². The van der Waals surface area contributed by atoms with Gasteiger partial charge in [-0.2, -0.15) is 0 Å². The van der Waals surface area contributed by atoms with E-state index in [9.17, 15) is 4.79 Å². The van der Waals surface area contributed by atoms with Gasteiger partial charge < -0.3 is 20.1 Å². The summed E-state index contributed by atoms with van der Waals surface area (Å²) >= 11 is 0. The van der Waals surface area contributed by atoms with Crippen molar-refractivity contribution in [2.75, 3.05) is 31.4 Å². The van der Waals surface area contributed by atoms with Gasteiger partial charge in [-0.15, -0.1) is 0 Å². The summed E-state index contributed by atoms with van der Waals surface area (Å²) in [5, 5.41) is 0. The van der Waals surface area contributed by atoms with Crippen LogP contribution in [-0.2, 0) is 14.3 Å². The van der Waals surface area contributed by atoms with Crippen molar-refractivity contribution in [2.45, 2.75) is 44.8 Å². The molecule has 1 aliphatic heterocycles. The van der Waals surface area contributed by atoms with Gasteiger partial charge in [-0.1, -0.05) is 13.0 Å². The van der Waals surface area contributed by atoms with Crippen molar-refractivity contribution in [1.29, 1.82) is 0 Å². The van der Waals surface area contributed by atoms with Crippen molar-refractivity contribution < 1.29 is 14.3 Å². The van der Waals surface area contributed by atoms with Crippen LogP contribution in [0.5, 0.6) is 0 Å². The predicted molar refractivity (Wildman–Crippen MR) is 87.9 cm³/mol. The third-order valence-electron chi connectivity index (χ3n) is 4.44. The number of rotatable bonds is 6. The van der Waals surface area contributed by atoms with Gasteiger partial charge in [0.25, 0.3) is 0 Å². The summed E-state index contributed by atoms with van der Waals surface area (Å²) in [4.78, 5) is 13.7. The minimum atomic E-state index is -0.187. The van der Waals surface area contributed by atoms with Crippen molar-refractivity contribution >= 4 is 17.3 Å². The second-order valence-electron chi connectivity index (χ2n) is 5.73. The molecule has 2 unspecified atom stereocenters. The van der Waals surface area contributed by atoms with E-state index in [-0.39, 0.29) is 18.1 Å². The van der Waals surface area contributed by atoms with Gasteiger partial charge in [-0.3, -0.25) is 4.79 Å². The standard InChI is InChI=1S/C17H26N2O3/c1-4-12(11-17(20)22-3)13-7-8-15(14(18)10-13)19-9-5-6-16(19)21-2/h7-8,10,12,16H,4-6,9,11,18H2,1-3H3. The van der Waals surface area contributed by atoms with Crippen LogP contribution in [0.2, 0.25) is 0 Å². The molecule has 0 aromatic heterocycles. The zero-order chi connectivity index (χ0) is 16.1. The first kappa shape index (κ1) is 16.6. The number of methoxy groups -OCH3 is 2. The fraction of sp³-hybridized carbons (Fsp3) is 0.588. The highest BCUT2D eigenvalue weighted by atomic mass is 16.5. The number of ether oxygens (including phenoxy) is 2. The normalized spacial score (nSPS) is 19.2. The molecule has 2 rings (SSSR count). The van der Waals surface area contributed by atoms with E-state index >= 15 is 0 Å². The lowest BCUT2D eigenvalue weighted by atomic mass is 9.92. The van der Waals surface area contributed by atoms with Gasteiger partial charge in [0.15, 0.2) is 0 Å². The molecule has 2 N–H and O–H groups in total. The summed E-state index contributed by atoms with van der Waals surface area (Å²) in [5.41, 5.74) is 9.10. The lowest BCUT2D eigenvalue weighted by Gasteiger charge is -2.27. The molecule has 2 atom stereocenters. The highest BCUT2D eigenvalue weighted by Gasteiger charge is 2.26. The number of nitrogen functional groups attached to an aromatic ring is 1. The van der Waals surface area contributed by atoms with E-state index in [1.165, 1.54) is 7.11 Å². The molecule has 1 aromatic rings. The van der Waals surface area contributed by atoms with Crippen molar-refractivity contribution in [3.05, 3.63) is 23.8 Å². The molecule has 1 aliphatic rings. The number of esters is 1. The Morgan fingerprint density at radius 3 is 2.82 bits per heavy atom. The molecular formula is C17H26N2O3. The van der Waals surface area contributed by atoms with Crippen molar-refractivity contribution in [3.63, 3.8) is 0 Å². The topological polar surface area (TPSA) is 64.8 Å². The molecule has 0 radical (unpaired) electrons. The minimum absolute atomic E-state index is 0.102. The Morgan fingerprint density at radius 1 is 1.45 bits per heavy atom. The molecule has 0 spiro atoms. The summed E-state index contributed by atoms with van der Waals surface area (Å²) in [6, 6.07) is 6.09. The largest absolute Gasteiger partial charge is 0.469 e. The quantitative estimate of drug-likeness (QED) is 0.646. The van der Waals surface area contributed by atoms with Gasteiger partial charge in [0.1, 0.15) is 6.23 Å². The number of carbonyl (C=O) groups is 1. The van der Waals surface area contributed by atoms with Gasteiger partial charge in [0.2, 0.25) is 0 Å². The fourth-order valence-corrected chi connectivity index (χ4v) is 3.13. The number of benzene rings is 1. The molecule has 1 saturated heterocycles. The Hall–Kier alpha value is -1.75. The highest BCUT2D eigenvalue weighted by Crippen LogP contribution is 2.34. The summed E-state index contributed by atoms with van der Waals surface area (Å²) < 4.78 is 10.3. The number of hydrogen-bond acceptors (Lipinski definition) is 5. The minimum Gasteiger partial charge on any atom is -0.469 e. The number of carbonyl (C=O) groups excluding carboxylic acids is 1. The van der Waals surface area contributed by atoms with Crippen molar-refractivity contribution in [2.24, 2.45) is 0 Å². The number of nitrogens with zero attached hydrogens (tertiary/aromatic N) is 1. The lowest BCUT2D eigenvalue weighted by Crippen LogP contribution is -2.31. The number of nitrogens with two attached hydrogens (primary N) is 1. The van der Waals surface area contributed by atoms with Gasteiger partial charge in [0.05, 0.1) is 24.9 Å². The zero-order valence-corrected chi connectivity index (χ0v) is 13.7. The predicted octanol–water partition coefficient (Wildman–Crippen LogP) is 2.90. The Balaban J connectivity index is 2.19. The van der Waals surface area contributed by atoms with E-state index in [1.54, 1.807) is 7.11 Å².